The van der Waals surface area contributed by atoms with E-state index in [0.29, 0.717) is 25.9 Å². The maximum atomic E-state index is 13.6. The van der Waals surface area contributed by atoms with Crippen molar-refractivity contribution in [3.05, 3.63) is 41.5 Å². The number of fused-ring (bicyclic) bond motifs is 1. The van der Waals surface area contributed by atoms with Crippen molar-refractivity contribution < 1.29 is 22.5 Å². The Morgan fingerprint density at radius 1 is 1.40 bits per heavy atom. The lowest BCUT2D eigenvalue weighted by Gasteiger charge is -2.32. The lowest BCUT2D eigenvalue weighted by atomic mass is 9.91. The van der Waals surface area contributed by atoms with Crippen molar-refractivity contribution in [1.29, 1.82) is 0 Å². The first-order valence-electron chi connectivity index (χ1n) is 9.85. The van der Waals surface area contributed by atoms with E-state index in [2.05, 4.69) is 15.2 Å². The van der Waals surface area contributed by atoms with E-state index < -0.39 is 11.7 Å². The van der Waals surface area contributed by atoms with E-state index in [0.717, 1.165) is 6.07 Å². The Morgan fingerprint density at radius 2 is 2.20 bits per heavy atom. The van der Waals surface area contributed by atoms with Crippen LogP contribution in [0.5, 0.6) is 0 Å². The third kappa shape index (κ3) is 3.90. The van der Waals surface area contributed by atoms with E-state index in [-0.39, 0.29) is 46.8 Å². The number of halogens is 3. The number of piperidine rings is 1. The van der Waals surface area contributed by atoms with Gasteiger partial charge in [-0.2, -0.15) is 18.3 Å². The third-order valence-corrected chi connectivity index (χ3v) is 5.51. The van der Waals surface area contributed by atoms with Crippen LogP contribution in [0.3, 0.4) is 0 Å². The Bertz CT molecular complexity index is 1040. The zero-order valence-corrected chi connectivity index (χ0v) is 16.7. The molecule has 0 bridgehead atoms. The van der Waals surface area contributed by atoms with Gasteiger partial charge in [0.1, 0.15) is 0 Å². The lowest BCUT2D eigenvalue weighted by molar-refractivity contribution is -0.136. The Labute approximate surface area is 170 Å². The number of likely N-dealkylation sites (tertiary alicyclic amines) is 1. The Balaban J connectivity index is 1.58. The number of hydrogen-bond acceptors (Lipinski definition) is 5. The molecule has 4 heterocycles. The number of aromatic nitrogens is 4. The van der Waals surface area contributed by atoms with E-state index in [1.807, 2.05) is 6.92 Å². The molecule has 160 valence electrons. The summed E-state index contributed by atoms with van der Waals surface area (Å²) in [6.07, 6.45) is 0.485. The van der Waals surface area contributed by atoms with Crippen LogP contribution in [0.25, 0.3) is 11.1 Å². The molecule has 2 atom stereocenters. The van der Waals surface area contributed by atoms with Crippen LogP contribution in [0.1, 0.15) is 55.1 Å². The summed E-state index contributed by atoms with van der Waals surface area (Å²) in [5, 5.41) is 7.99. The number of amides is 1. The summed E-state index contributed by atoms with van der Waals surface area (Å²) in [7, 11) is 0. The third-order valence-electron chi connectivity index (χ3n) is 5.51. The SMILES string of the molecule is Cc1cc(C(F)(F)F)c2c([C@@H]3CCCN(C(=O)C[C@H](C)n4cccn4)C3)noc2n1. The van der Waals surface area contributed by atoms with Crippen molar-refractivity contribution in [2.45, 2.75) is 51.2 Å². The average Bonchev–Trinajstić information content (AvgIpc) is 3.36. The van der Waals surface area contributed by atoms with E-state index in [1.54, 1.807) is 28.0 Å². The van der Waals surface area contributed by atoms with E-state index in [1.165, 1.54) is 6.92 Å². The molecule has 1 aliphatic heterocycles. The molecular weight excluding hydrogens is 399 g/mol. The van der Waals surface area contributed by atoms with Gasteiger partial charge in [0.05, 0.1) is 22.7 Å². The number of pyridine rings is 1. The molecule has 30 heavy (non-hydrogen) atoms. The van der Waals surface area contributed by atoms with E-state index >= 15 is 0 Å². The van der Waals surface area contributed by atoms with Gasteiger partial charge in [-0.05, 0) is 38.8 Å². The summed E-state index contributed by atoms with van der Waals surface area (Å²) in [6.45, 7) is 4.26. The summed E-state index contributed by atoms with van der Waals surface area (Å²) in [5.41, 5.74) is -0.474. The molecule has 0 aromatic carbocycles. The zero-order valence-electron chi connectivity index (χ0n) is 16.7. The van der Waals surface area contributed by atoms with Gasteiger partial charge in [-0.25, -0.2) is 4.98 Å². The minimum absolute atomic E-state index is 0.0551. The molecule has 1 fully saturated rings. The molecule has 0 saturated carbocycles. The monoisotopic (exact) mass is 421 g/mol. The van der Waals surface area contributed by atoms with Gasteiger partial charge < -0.3 is 9.42 Å². The fourth-order valence-corrected chi connectivity index (χ4v) is 4.04. The quantitative estimate of drug-likeness (QED) is 0.634. The number of carbonyl (C=O) groups is 1. The van der Waals surface area contributed by atoms with Crippen LogP contribution < -0.4 is 0 Å². The van der Waals surface area contributed by atoms with Gasteiger partial charge in [0.25, 0.3) is 5.71 Å². The molecule has 1 saturated heterocycles. The second-order valence-electron chi connectivity index (χ2n) is 7.78. The molecule has 0 radical (unpaired) electrons. The Kier molecular flexibility index (Phi) is 5.25. The molecule has 0 aliphatic carbocycles. The number of alkyl halides is 3. The molecule has 3 aromatic heterocycles. The average molecular weight is 421 g/mol. The molecule has 1 amide bonds. The Hall–Kier alpha value is -2.91. The number of aryl methyl sites for hydroxylation is 1. The highest BCUT2D eigenvalue weighted by Crippen LogP contribution is 2.40. The molecule has 4 rings (SSSR count). The second-order valence-corrected chi connectivity index (χ2v) is 7.78. The summed E-state index contributed by atoms with van der Waals surface area (Å²) in [6, 6.07) is 2.70. The standard InChI is InChI=1S/C20H22F3N5O2/c1-12-9-15(20(21,22)23)17-18(26-30-19(17)25-12)14-5-3-7-27(11-14)16(29)10-13(2)28-8-4-6-24-28/h4,6,8-9,13-14H,3,5,7,10-11H2,1-2H3/t13-,14+/m0/s1. The number of nitrogens with zero attached hydrogens (tertiary/aromatic N) is 5. The highest BCUT2D eigenvalue weighted by Gasteiger charge is 2.38. The van der Waals surface area contributed by atoms with Crippen molar-refractivity contribution in [2.75, 3.05) is 13.1 Å². The van der Waals surface area contributed by atoms with E-state index in [9.17, 15) is 18.0 Å². The number of rotatable bonds is 4. The predicted octanol–water partition coefficient (Wildman–Crippen LogP) is 4.10. The fraction of sp³-hybridized carbons (Fsp3) is 0.500. The van der Waals surface area contributed by atoms with Crippen LogP contribution in [0.2, 0.25) is 0 Å². The highest BCUT2D eigenvalue weighted by atomic mass is 19.4. The second kappa shape index (κ2) is 7.73. The van der Waals surface area contributed by atoms with Gasteiger partial charge in [-0.1, -0.05) is 5.16 Å². The first-order chi connectivity index (χ1) is 14.2. The smallest absolute Gasteiger partial charge is 0.342 e. The van der Waals surface area contributed by atoms with Gasteiger partial charge in [0.2, 0.25) is 5.91 Å². The Morgan fingerprint density at radius 3 is 2.90 bits per heavy atom. The van der Waals surface area contributed by atoms with Crippen LogP contribution >= 0.6 is 0 Å². The maximum absolute atomic E-state index is 13.6. The lowest BCUT2D eigenvalue weighted by Crippen LogP contribution is -2.40. The first kappa shape index (κ1) is 20.4. The molecule has 10 heteroatoms. The zero-order chi connectivity index (χ0) is 21.5. The molecular formula is C20H22F3N5O2. The predicted molar refractivity (Wildman–Crippen MR) is 102 cm³/mol. The van der Waals surface area contributed by atoms with Gasteiger partial charge >= 0.3 is 6.18 Å². The molecule has 0 spiro atoms. The summed E-state index contributed by atoms with van der Waals surface area (Å²) >= 11 is 0. The van der Waals surface area contributed by atoms with Crippen molar-refractivity contribution in [3.63, 3.8) is 0 Å². The van der Waals surface area contributed by atoms with Crippen molar-refractivity contribution >= 4 is 17.0 Å². The van der Waals surface area contributed by atoms with Crippen LogP contribution in [0, 0.1) is 6.92 Å². The highest BCUT2D eigenvalue weighted by molar-refractivity contribution is 5.82. The first-order valence-corrected chi connectivity index (χ1v) is 9.85. The molecule has 0 N–H and O–H groups in total. The minimum atomic E-state index is -4.55. The largest absolute Gasteiger partial charge is 0.417 e. The van der Waals surface area contributed by atoms with Gasteiger partial charge in [-0.3, -0.25) is 9.48 Å². The molecule has 7 nitrogen and oxygen atoms in total. The minimum Gasteiger partial charge on any atom is -0.342 e. The van der Waals surface area contributed by atoms with Crippen molar-refractivity contribution in [3.8, 4) is 0 Å². The summed E-state index contributed by atoms with van der Waals surface area (Å²) in [4.78, 5) is 18.6. The maximum Gasteiger partial charge on any atom is 0.417 e. The van der Waals surface area contributed by atoms with E-state index in [4.69, 9.17) is 4.52 Å². The van der Waals surface area contributed by atoms with Gasteiger partial charge in [0.15, 0.2) is 0 Å². The summed E-state index contributed by atoms with van der Waals surface area (Å²) < 4.78 is 47.8. The van der Waals surface area contributed by atoms with Crippen molar-refractivity contribution in [1.82, 2.24) is 24.8 Å². The topological polar surface area (TPSA) is 77.0 Å². The van der Waals surface area contributed by atoms with Crippen LogP contribution in [-0.2, 0) is 11.0 Å². The van der Waals surface area contributed by atoms with Crippen LogP contribution in [-0.4, -0.2) is 43.8 Å². The molecule has 0 unspecified atom stereocenters. The fourth-order valence-electron chi connectivity index (χ4n) is 4.04. The van der Waals surface area contributed by atoms with Crippen LogP contribution in [0.4, 0.5) is 13.2 Å². The van der Waals surface area contributed by atoms with Crippen molar-refractivity contribution in [2.24, 2.45) is 0 Å². The van der Waals surface area contributed by atoms with Gasteiger partial charge in [-0.15, -0.1) is 0 Å². The molecule has 3 aromatic rings. The normalized spacial score (nSPS) is 18.7. The number of hydrogen-bond donors (Lipinski definition) is 0. The van der Waals surface area contributed by atoms with Gasteiger partial charge in [0, 0.05) is 43.5 Å². The summed E-state index contributed by atoms with van der Waals surface area (Å²) in [5.74, 6) is -0.393. The number of carbonyl (C=O) groups excluding carboxylic acids is 1. The molecule has 1 aliphatic rings. The van der Waals surface area contributed by atoms with Crippen LogP contribution in [0.15, 0.2) is 29.0 Å².